The Labute approximate surface area is 94.6 Å². The maximum atomic E-state index is 6.07. The molecule has 2 aliphatic carbocycles. The summed E-state index contributed by atoms with van der Waals surface area (Å²) in [4.78, 5) is 0. The van der Waals surface area contributed by atoms with Crippen LogP contribution in [0.25, 0.3) is 0 Å². The summed E-state index contributed by atoms with van der Waals surface area (Å²) in [6, 6.07) is 0. The van der Waals surface area contributed by atoms with Crippen molar-refractivity contribution in [1.29, 1.82) is 0 Å². The zero-order valence-corrected chi connectivity index (χ0v) is 10.2. The summed E-state index contributed by atoms with van der Waals surface area (Å²) in [6.07, 6.45) is 13.2. The summed E-state index contributed by atoms with van der Waals surface area (Å²) in [5, 5.41) is 0. The van der Waals surface area contributed by atoms with E-state index in [1.807, 2.05) is 0 Å². The lowest BCUT2D eigenvalue weighted by Gasteiger charge is -2.29. The van der Waals surface area contributed by atoms with Gasteiger partial charge in [-0.3, -0.25) is 0 Å². The van der Waals surface area contributed by atoms with Crippen molar-refractivity contribution in [3.05, 3.63) is 0 Å². The van der Waals surface area contributed by atoms with Gasteiger partial charge in [0.15, 0.2) is 0 Å². The minimum Gasteiger partial charge on any atom is -0.378 e. The van der Waals surface area contributed by atoms with Gasteiger partial charge in [0.1, 0.15) is 0 Å². The first kappa shape index (κ1) is 11.4. The van der Waals surface area contributed by atoms with E-state index in [4.69, 9.17) is 4.74 Å². The van der Waals surface area contributed by atoms with Crippen molar-refractivity contribution in [2.45, 2.75) is 70.8 Å². The lowest BCUT2D eigenvalue weighted by molar-refractivity contribution is -0.00545. The van der Waals surface area contributed by atoms with E-state index in [1.54, 1.807) is 0 Å². The zero-order valence-electron chi connectivity index (χ0n) is 10.2. The monoisotopic (exact) mass is 210 g/mol. The quantitative estimate of drug-likeness (QED) is 0.679. The maximum Gasteiger partial charge on any atom is 0.0575 e. The van der Waals surface area contributed by atoms with E-state index in [1.165, 1.54) is 57.8 Å². The Kier molecular flexibility index (Phi) is 4.49. The van der Waals surface area contributed by atoms with Crippen molar-refractivity contribution < 1.29 is 4.74 Å². The molecule has 0 heterocycles. The van der Waals surface area contributed by atoms with Crippen LogP contribution in [0, 0.1) is 11.8 Å². The van der Waals surface area contributed by atoms with Crippen molar-refractivity contribution >= 4 is 0 Å². The molecule has 0 aliphatic heterocycles. The van der Waals surface area contributed by atoms with Crippen molar-refractivity contribution in [3.63, 3.8) is 0 Å². The molecular weight excluding hydrogens is 184 g/mol. The van der Waals surface area contributed by atoms with E-state index in [2.05, 4.69) is 6.92 Å². The molecule has 0 N–H and O–H groups in total. The number of rotatable bonds is 3. The van der Waals surface area contributed by atoms with Crippen LogP contribution in [0.5, 0.6) is 0 Å². The predicted octanol–water partition coefficient (Wildman–Crippen LogP) is 4.16. The summed E-state index contributed by atoms with van der Waals surface area (Å²) >= 11 is 0. The number of hydrogen-bond acceptors (Lipinski definition) is 1. The van der Waals surface area contributed by atoms with Gasteiger partial charge in [0.25, 0.3) is 0 Å². The summed E-state index contributed by atoms with van der Waals surface area (Å²) in [6.45, 7) is 3.43. The van der Waals surface area contributed by atoms with Crippen molar-refractivity contribution in [2.75, 3.05) is 6.61 Å². The van der Waals surface area contributed by atoms with Crippen LogP contribution in [0.15, 0.2) is 0 Å². The highest BCUT2D eigenvalue weighted by molar-refractivity contribution is 4.71. The fourth-order valence-electron chi connectivity index (χ4n) is 3.02. The van der Waals surface area contributed by atoms with E-state index in [0.29, 0.717) is 6.10 Å². The number of ether oxygens (including phenoxy) is 1. The number of hydrogen-bond donors (Lipinski definition) is 0. The van der Waals surface area contributed by atoms with Gasteiger partial charge >= 0.3 is 0 Å². The van der Waals surface area contributed by atoms with Crippen LogP contribution in [0.2, 0.25) is 0 Å². The molecule has 0 amide bonds. The van der Waals surface area contributed by atoms with Gasteiger partial charge in [0.05, 0.1) is 6.10 Å². The molecule has 0 aromatic heterocycles. The van der Waals surface area contributed by atoms with Crippen LogP contribution < -0.4 is 0 Å². The molecule has 1 nitrogen and oxygen atoms in total. The average molecular weight is 210 g/mol. The Hall–Kier alpha value is -0.0400. The largest absolute Gasteiger partial charge is 0.378 e. The van der Waals surface area contributed by atoms with Gasteiger partial charge in [0.2, 0.25) is 0 Å². The van der Waals surface area contributed by atoms with Gasteiger partial charge in [-0.25, -0.2) is 0 Å². The molecule has 0 radical (unpaired) electrons. The first-order chi connectivity index (χ1) is 7.34. The summed E-state index contributed by atoms with van der Waals surface area (Å²) in [5.41, 5.74) is 0. The van der Waals surface area contributed by atoms with Gasteiger partial charge in [-0.05, 0) is 50.4 Å². The predicted molar refractivity (Wildman–Crippen MR) is 63.9 cm³/mol. The minimum atomic E-state index is 0.600. The van der Waals surface area contributed by atoms with Crippen LogP contribution in [0.3, 0.4) is 0 Å². The van der Waals surface area contributed by atoms with Crippen LogP contribution in [-0.4, -0.2) is 12.7 Å². The minimum absolute atomic E-state index is 0.600. The maximum absolute atomic E-state index is 6.07. The Morgan fingerprint density at radius 2 is 1.53 bits per heavy atom. The third-order valence-electron chi connectivity index (χ3n) is 4.26. The molecule has 0 saturated heterocycles. The highest BCUT2D eigenvalue weighted by atomic mass is 16.5. The molecule has 15 heavy (non-hydrogen) atoms. The zero-order chi connectivity index (χ0) is 10.5. The highest BCUT2D eigenvalue weighted by Gasteiger charge is 2.20. The molecule has 2 fully saturated rings. The van der Waals surface area contributed by atoms with E-state index in [0.717, 1.165) is 18.4 Å². The highest BCUT2D eigenvalue weighted by Crippen LogP contribution is 2.28. The smallest absolute Gasteiger partial charge is 0.0575 e. The molecule has 0 bridgehead atoms. The Morgan fingerprint density at radius 1 is 0.867 bits per heavy atom. The van der Waals surface area contributed by atoms with Crippen LogP contribution in [0.4, 0.5) is 0 Å². The topological polar surface area (TPSA) is 9.23 Å². The normalized spacial score (nSPS) is 34.2. The molecule has 1 heteroatoms. The Morgan fingerprint density at radius 3 is 2.20 bits per heavy atom. The first-order valence-corrected chi connectivity index (χ1v) is 6.96. The third kappa shape index (κ3) is 3.79. The molecule has 2 rings (SSSR count). The molecule has 0 spiro atoms. The molecule has 2 saturated carbocycles. The lowest BCUT2D eigenvalue weighted by atomic mass is 9.88. The van der Waals surface area contributed by atoms with E-state index >= 15 is 0 Å². The molecule has 0 aromatic carbocycles. The fraction of sp³-hybridized carbons (Fsp3) is 1.00. The first-order valence-electron chi connectivity index (χ1n) is 6.96. The average Bonchev–Trinajstić information content (AvgIpc) is 2.30. The molecule has 2 aliphatic rings. The van der Waals surface area contributed by atoms with Gasteiger partial charge in [-0.15, -0.1) is 0 Å². The second-order valence-corrected chi connectivity index (χ2v) is 5.72. The summed E-state index contributed by atoms with van der Waals surface area (Å²) < 4.78 is 6.07. The summed E-state index contributed by atoms with van der Waals surface area (Å²) in [5.74, 6) is 1.83. The Bertz CT molecular complexity index is 164. The Balaban J connectivity index is 1.60. The third-order valence-corrected chi connectivity index (χ3v) is 4.26. The molecule has 88 valence electrons. The standard InChI is InChI=1S/C14H26O/c1-12-7-9-14(10-8-12)15-11-13-5-3-2-4-6-13/h12-14H,2-11H2,1H3. The van der Waals surface area contributed by atoms with Crippen LogP contribution in [0.1, 0.15) is 64.7 Å². The van der Waals surface area contributed by atoms with E-state index < -0.39 is 0 Å². The van der Waals surface area contributed by atoms with Gasteiger partial charge in [-0.1, -0.05) is 26.2 Å². The fourth-order valence-corrected chi connectivity index (χ4v) is 3.02. The SMILES string of the molecule is CC1CCC(OCC2CCCCC2)CC1. The lowest BCUT2D eigenvalue weighted by Crippen LogP contribution is -2.24. The van der Waals surface area contributed by atoms with E-state index in [9.17, 15) is 0 Å². The molecular formula is C14H26O. The second kappa shape index (κ2) is 5.89. The van der Waals surface area contributed by atoms with Gasteiger partial charge in [0, 0.05) is 6.61 Å². The second-order valence-electron chi connectivity index (χ2n) is 5.72. The van der Waals surface area contributed by atoms with Gasteiger partial charge < -0.3 is 4.74 Å². The van der Waals surface area contributed by atoms with E-state index in [-0.39, 0.29) is 0 Å². The molecule has 0 aromatic rings. The van der Waals surface area contributed by atoms with Gasteiger partial charge in [-0.2, -0.15) is 0 Å². The van der Waals surface area contributed by atoms with Crippen LogP contribution >= 0.6 is 0 Å². The van der Waals surface area contributed by atoms with Crippen molar-refractivity contribution in [3.8, 4) is 0 Å². The van der Waals surface area contributed by atoms with Crippen molar-refractivity contribution in [1.82, 2.24) is 0 Å². The molecule has 0 unspecified atom stereocenters. The summed E-state index contributed by atoms with van der Waals surface area (Å²) in [7, 11) is 0. The van der Waals surface area contributed by atoms with Crippen LogP contribution in [-0.2, 0) is 4.74 Å². The van der Waals surface area contributed by atoms with Crippen molar-refractivity contribution in [2.24, 2.45) is 11.8 Å². The molecule has 0 atom stereocenters.